The number of ketones is 1. The van der Waals surface area contributed by atoms with E-state index < -0.39 is 5.91 Å². The fourth-order valence-electron chi connectivity index (χ4n) is 1.76. The Kier molecular flexibility index (Phi) is 3.20. The van der Waals surface area contributed by atoms with Gasteiger partial charge in [-0.05, 0) is 30.3 Å². The van der Waals surface area contributed by atoms with E-state index in [1.54, 1.807) is 30.3 Å². The minimum atomic E-state index is -0.535. The number of carbonyl (C=O) groups excluding carboxylic acids is 2. The molecule has 0 spiro atoms. The van der Waals surface area contributed by atoms with Crippen molar-refractivity contribution in [3.05, 3.63) is 59.2 Å². The molecule has 0 aromatic heterocycles. The Balaban J connectivity index is 2.35. The van der Waals surface area contributed by atoms with E-state index >= 15 is 0 Å². The second-order valence-corrected chi connectivity index (χ2v) is 4.16. The lowest BCUT2D eigenvalue weighted by Crippen LogP contribution is -2.11. The number of anilines is 2. The monoisotopic (exact) mass is 255 g/mol. The van der Waals surface area contributed by atoms with E-state index in [2.05, 4.69) is 0 Å². The van der Waals surface area contributed by atoms with Crippen molar-refractivity contribution in [3.63, 3.8) is 0 Å². The standard InChI is InChI=1S/C14H13N3O2/c15-11-5-10(6-12(16)7-11)13(18)8-1-3-9(4-2-8)14(17)19/h1-7H,15-16H2,(H2,17,19). The normalized spacial score (nSPS) is 10.1. The molecule has 0 unspecified atom stereocenters. The van der Waals surface area contributed by atoms with Crippen LogP contribution < -0.4 is 17.2 Å². The maximum Gasteiger partial charge on any atom is 0.248 e. The summed E-state index contributed by atoms with van der Waals surface area (Å²) in [5.74, 6) is -0.748. The summed E-state index contributed by atoms with van der Waals surface area (Å²) in [6.07, 6.45) is 0. The van der Waals surface area contributed by atoms with Gasteiger partial charge in [-0.15, -0.1) is 0 Å². The molecule has 5 heteroatoms. The van der Waals surface area contributed by atoms with E-state index in [0.717, 1.165) is 0 Å². The van der Waals surface area contributed by atoms with Crippen LogP contribution in [0.4, 0.5) is 11.4 Å². The van der Waals surface area contributed by atoms with Gasteiger partial charge in [0.1, 0.15) is 0 Å². The number of amides is 1. The maximum atomic E-state index is 12.2. The SMILES string of the molecule is NC(=O)c1ccc(C(=O)c2cc(N)cc(N)c2)cc1. The molecule has 2 aromatic carbocycles. The number of benzene rings is 2. The van der Waals surface area contributed by atoms with E-state index in [1.165, 1.54) is 12.1 Å². The average Bonchev–Trinajstić information content (AvgIpc) is 2.37. The summed E-state index contributed by atoms with van der Waals surface area (Å²) >= 11 is 0. The number of rotatable bonds is 3. The van der Waals surface area contributed by atoms with Crippen molar-refractivity contribution in [2.24, 2.45) is 5.73 Å². The van der Waals surface area contributed by atoms with Crippen LogP contribution in [0, 0.1) is 0 Å². The highest BCUT2D eigenvalue weighted by atomic mass is 16.1. The molecule has 2 aromatic rings. The van der Waals surface area contributed by atoms with Crippen molar-refractivity contribution in [1.29, 1.82) is 0 Å². The molecular weight excluding hydrogens is 242 g/mol. The summed E-state index contributed by atoms with van der Waals surface area (Å²) in [5, 5.41) is 0. The molecule has 96 valence electrons. The van der Waals surface area contributed by atoms with Crippen molar-refractivity contribution < 1.29 is 9.59 Å². The van der Waals surface area contributed by atoms with Crippen LogP contribution in [0.25, 0.3) is 0 Å². The first-order valence-electron chi connectivity index (χ1n) is 5.58. The summed E-state index contributed by atoms with van der Waals surface area (Å²) in [4.78, 5) is 23.2. The predicted molar refractivity (Wildman–Crippen MR) is 73.7 cm³/mol. The molecule has 0 aliphatic rings. The lowest BCUT2D eigenvalue weighted by Gasteiger charge is -2.05. The third-order valence-corrected chi connectivity index (χ3v) is 2.67. The molecule has 19 heavy (non-hydrogen) atoms. The van der Waals surface area contributed by atoms with Gasteiger partial charge in [-0.25, -0.2) is 0 Å². The lowest BCUT2D eigenvalue weighted by atomic mass is 10.0. The first kappa shape index (κ1) is 12.6. The highest BCUT2D eigenvalue weighted by molar-refractivity contribution is 6.10. The first-order valence-corrected chi connectivity index (χ1v) is 5.58. The fraction of sp³-hybridized carbons (Fsp3) is 0. The molecule has 0 saturated carbocycles. The van der Waals surface area contributed by atoms with Crippen LogP contribution in [0.3, 0.4) is 0 Å². The third-order valence-electron chi connectivity index (χ3n) is 2.67. The molecule has 0 bridgehead atoms. The van der Waals surface area contributed by atoms with Crippen molar-refractivity contribution in [2.45, 2.75) is 0 Å². The lowest BCUT2D eigenvalue weighted by molar-refractivity contribution is 0.0997. The summed E-state index contributed by atoms with van der Waals surface area (Å²) < 4.78 is 0. The number of nitrogen functional groups attached to an aromatic ring is 2. The van der Waals surface area contributed by atoms with Gasteiger partial charge < -0.3 is 17.2 Å². The summed E-state index contributed by atoms with van der Waals surface area (Å²) in [7, 11) is 0. The van der Waals surface area contributed by atoms with Gasteiger partial charge in [0, 0.05) is 28.1 Å². The Morgan fingerprint density at radius 3 is 1.68 bits per heavy atom. The minimum absolute atomic E-state index is 0.213. The highest BCUT2D eigenvalue weighted by Crippen LogP contribution is 2.17. The fourth-order valence-corrected chi connectivity index (χ4v) is 1.76. The predicted octanol–water partition coefficient (Wildman–Crippen LogP) is 1.18. The molecule has 0 aliphatic heterocycles. The molecule has 0 radical (unpaired) electrons. The number of hydrogen-bond donors (Lipinski definition) is 3. The molecule has 0 saturated heterocycles. The van der Waals surface area contributed by atoms with Crippen LogP contribution in [0.15, 0.2) is 42.5 Å². The van der Waals surface area contributed by atoms with Gasteiger partial charge in [-0.3, -0.25) is 9.59 Å². The van der Waals surface area contributed by atoms with Gasteiger partial charge in [0.05, 0.1) is 0 Å². The zero-order valence-electron chi connectivity index (χ0n) is 10.1. The highest BCUT2D eigenvalue weighted by Gasteiger charge is 2.11. The second kappa shape index (κ2) is 4.81. The molecule has 0 fully saturated rings. The second-order valence-electron chi connectivity index (χ2n) is 4.16. The van der Waals surface area contributed by atoms with E-state index in [1.807, 2.05) is 0 Å². The number of carbonyl (C=O) groups is 2. The third kappa shape index (κ3) is 2.71. The Morgan fingerprint density at radius 2 is 1.21 bits per heavy atom. The number of primary amides is 1. The van der Waals surface area contributed by atoms with Crippen molar-refractivity contribution >= 4 is 23.1 Å². The zero-order chi connectivity index (χ0) is 14.0. The summed E-state index contributed by atoms with van der Waals surface area (Å²) in [6, 6.07) is 10.8. The van der Waals surface area contributed by atoms with Crippen molar-refractivity contribution in [3.8, 4) is 0 Å². The molecule has 1 amide bonds. The minimum Gasteiger partial charge on any atom is -0.399 e. The van der Waals surface area contributed by atoms with Gasteiger partial charge in [0.2, 0.25) is 5.91 Å². The average molecular weight is 255 g/mol. The quantitative estimate of drug-likeness (QED) is 0.564. The Morgan fingerprint density at radius 1 is 0.737 bits per heavy atom. The van der Waals surface area contributed by atoms with Crippen LogP contribution >= 0.6 is 0 Å². The summed E-state index contributed by atoms with van der Waals surface area (Å²) in [6.45, 7) is 0. The molecule has 5 nitrogen and oxygen atoms in total. The summed E-state index contributed by atoms with van der Waals surface area (Å²) in [5.41, 5.74) is 18.5. The van der Waals surface area contributed by atoms with Crippen LogP contribution in [0.2, 0.25) is 0 Å². The topological polar surface area (TPSA) is 112 Å². The Labute approximate surface area is 110 Å². The molecule has 0 aliphatic carbocycles. The van der Waals surface area contributed by atoms with Gasteiger partial charge in [0.15, 0.2) is 5.78 Å². The van der Waals surface area contributed by atoms with Crippen molar-refractivity contribution in [2.75, 3.05) is 11.5 Å². The largest absolute Gasteiger partial charge is 0.399 e. The molecular formula is C14H13N3O2. The van der Waals surface area contributed by atoms with E-state index in [9.17, 15) is 9.59 Å². The van der Waals surface area contributed by atoms with Crippen LogP contribution in [0.1, 0.15) is 26.3 Å². The first-order chi connectivity index (χ1) is 8.97. The Bertz CT molecular complexity index is 628. The van der Waals surface area contributed by atoms with Crippen molar-refractivity contribution in [1.82, 2.24) is 0 Å². The van der Waals surface area contributed by atoms with Gasteiger partial charge in [0.25, 0.3) is 0 Å². The smallest absolute Gasteiger partial charge is 0.248 e. The molecule has 0 heterocycles. The number of hydrogen-bond acceptors (Lipinski definition) is 4. The Hall–Kier alpha value is -2.82. The van der Waals surface area contributed by atoms with Gasteiger partial charge >= 0.3 is 0 Å². The number of nitrogens with two attached hydrogens (primary N) is 3. The molecule has 2 rings (SSSR count). The van der Waals surface area contributed by atoms with Gasteiger partial charge in [-0.1, -0.05) is 12.1 Å². The molecule has 0 atom stereocenters. The zero-order valence-corrected chi connectivity index (χ0v) is 10.1. The van der Waals surface area contributed by atoms with E-state index in [-0.39, 0.29) is 5.78 Å². The van der Waals surface area contributed by atoms with E-state index in [0.29, 0.717) is 28.1 Å². The molecule has 6 N–H and O–H groups in total. The van der Waals surface area contributed by atoms with E-state index in [4.69, 9.17) is 17.2 Å². The van der Waals surface area contributed by atoms with Gasteiger partial charge in [-0.2, -0.15) is 0 Å². The maximum absolute atomic E-state index is 12.2. The van der Waals surface area contributed by atoms with Crippen LogP contribution in [-0.2, 0) is 0 Å². The van der Waals surface area contributed by atoms with Crippen LogP contribution in [-0.4, -0.2) is 11.7 Å². The van der Waals surface area contributed by atoms with Crippen LogP contribution in [0.5, 0.6) is 0 Å².